The molecule has 1 fully saturated rings. The molecule has 3 aromatic rings. The second kappa shape index (κ2) is 7.95. The maximum Gasteiger partial charge on any atom is 0.238 e. The molecule has 1 aromatic carbocycles. The molecule has 0 aliphatic heterocycles. The van der Waals surface area contributed by atoms with E-state index in [0.29, 0.717) is 22.7 Å². The summed E-state index contributed by atoms with van der Waals surface area (Å²) in [6.45, 7) is 1.42. The summed E-state index contributed by atoms with van der Waals surface area (Å²) in [6.07, 6.45) is 0.342. The minimum absolute atomic E-state index is 0.137. The zero-order valence-corrected chi connectivity index (χ0v) is 18.5. The fourth-order valence-electron chi connectivity index (χ4n) is 3.74. The number of hydrogen-bond donors (Lipinski definition) is 5. The van der Waals surface area contributed by atoms with Gasteiger partial charge in [-0.05, 0) is 31.9 Å². The molecule has 4 rings (SSSR count). The van der Waals surface area contributed by atoms with Crippen LogP contribution in [0.3, 0.4) is 0 Å². The number of sulfonamides is 1. The van der Waals surface area contributed by atoms with Crippen molar-refractivity contribution in [2.75, 3.05) is 22.9 Å². The zero-order valence-electron chi connectivity index (χ0n) is 16.9. The van der Waals surface area contributed by atoms with Crippen molar-refractivity contribution in [1.82, 2.24) is 15.0 Å². The standard InChI is InChI=1S/C19H23N5O5S2/c1-10-14(17-21-12-5-3-4-6-13(12)30-17)16(22-18(20-10)24-31(2,28)29)23-19(27)8-7-11(9-25)15(19)26/h3-6,11,15,25-27H,7-9H2,1-2H3,(H2,20,22,23,24). The lowest BCUT2D eigenvalue weighted by molar-refractivity contribution is -0.0545. The van der Waals surface area contributed by atoms with Gasteiger partial charge < -0.3 is 20.6 Å². The lowest BCUT2D eigenvalue weighted by atomic mass is 10.0. The number of aliphatic hydroxyl groups is 3. The van der Waals surface area contributed by atoms with Gasteiger partial charge in [-0.3, -0.25) is 4.72 Å². The quantitative estimate of drug-likeness (QED) is 0.338. The molecule has 10 nitrogen and oxygen atoms in total. The summed E-state index contributed by atoms with van der Waals surface area (Å²) in [7, 11) is -3.64. The number of thiazole rings is 1. The molecule has 3 atom stereocenters. The van der Waals surface area contributed by atoms with Crippen LogP contribution in [0.2, 0.25) is 0 Å². The van der Waals surface area contributed by atoms with Gasteiger partial charge in [0.25, 0.3) is 0 Å². The number of para-hydroxylation sites is 1. The predicted molar refractivity (Wildman–Crippen MR) is 118 cm³/mol. The van der Waals surface area contributed by atoms with Crippen LogP contribution in [-0.4, -0.2) is 63.4 Å². The van der Waals surface area contributed by atoms with Crippen LogP contribution in [0.1, 0.15) is 18.5 Å². The Kier molecular flexibility index (Phi) is 5.60. The normalized spacial score (nSPS) is 23.9. The summed E-state index contributed by atoms with van der Waals surface area (Å²) in [6, 6.07) is 7.58. The van der Waals surface area contributed by atoms with Crippen LogP contribution < -0.4 is 10.0 Å². The Balaban J connectivity index is 1.83. The third kappa shape index (κ3) is 4.34. The van der Waals surface area contributed by atoms with Crippen molar-refractivity contribution >= 4 is 43.3 Å². The molecule has 5 N–H and O–H groups in total. The molecule has 1 aliphatic carbocycles. The largest absolute Gasteiger partial charge is 0.396 e. The number of fused-ring (bicyclic) bond motifs is 1. The molecular weight excluding hydrogens is 442 g/mol. The van der Waals surface area contributed by atoms with Crippen LogP contribution in [-0.2, 0) is 10.0 Å². The van der Waals surface area contributed by atoms with Crippen molar-refractivity contribution in [2.24, 2.45) is 5.92 Å². The first-order chi connectivity index (χ1) is 14.6. The Labute approximate surface area is 183 Å². The minimum atomic E-state index is -3.64. The smallest absolute Gasteiger partial charge is 0.238 e. The molecule has 12 heteroatoms. The van der Waals surface area contributed by atoms with Gasteiger partial charge in [-0.2, -0.15) is 4.98 Å². The van der Waals surface area contributed by atoms with E-state index in [1.807, 2.05) is 24.3 Å². The van der Waals surface area contributed by atoms with Crippen LogP contribution >= 0.6 is 11.3 Å². The number of nitrogens with zero attached hydrogens (tertiary/aromatic N) is 3. The van der Waals surface area contributed by atoms with Crippen molar-refractivity contribution in [2.45, 2.75) is 31.6 Å². The highest BCUT2D eigenvalue weighted by molar-refractivity contribution is 7.91. The first-order valence-electron chi connectivity index (χ1n) is 9.61. The lowest BCUT2D eigenvalue weighted by Crippen LogP contribution is -2.48. The van der Waals surface area contributed by atoms with Gasteiger partial charge >= 0.3 is 0 Å². The van der Waals surface area contributed by atoms with Crippen molar-refractivity contribution in [3.8, 4) is 10.6 Å². The van der Waals surface area contributed by atoms with Gasteiger partial charge in [0.1, 0.15) is 16.9 Å². The summed E-state index contributed by atoms with van der Waals surface area (Å²) < 4.78 is 26.6. The fourth-order valence-corrected chi connectivity index (χ4v) is 5.23. The van der Waals surface area contributed by atoms with Gasteiger partial charge in [-0.25, -0.2) is 18.4 Å². The van der Waals surface area contributed by atoms with E-state index >= 15 is 0 Å². The van der Waals surface area contributed by atoms with E-state index in [4.69, 9.17) is 0 Å². The van der Waals surface area contributed by atoms with Crippen molar-refractivity contribution in [3.05, 3.63) is 30.0 Å². The maximum absolute atomic E-state index is 11.7. The number of benzene rings is 1. The second-order valence-corrected chi connectivity index (χ2v) is 10.5. The number of rotatable bonds is 6. The summed E-state index contributed by atoms with van der Waals surface area (Å²) in [4.78, 5) is 13.2. The first-order valence-corrected chi connectivity index (χ1v) is 12.3. The van der Waals surface area contributed by atoms with E-state index < -0.39 is 27.8 Å². The third-order valence-electron chi connectivity index (χ3n) is 5.28. The summed E-state index contributed by atoms with van der Waals surface area (Å²) in [5, 5.41) is 34.5. The average Bonchev–Trinajstić information content (AvgIpc) is 3.21. The predicted octanol–water partition coefficient (Wildman–Crippen LogP) is 1.30. The number of aliphatic hydroxyl groups excluding tert-OH is 2. The third-order valence-corrected chi connectivity index (χ3v) is 6.88. The van der Waals surface area contributed by atoms with E-state index in [-0.39, 0.29) is 24.8 Å². The molecule has 3 unspecified atom stereocenters. The van der Waals surface area contributed by atoms with Crippen molar-refractivity contribution in [3.63, 3.8) is 0 Å². The summed E-state index contributed by atoms with van der Waals surface area (Å²) in [5.41, 5.74) is -0.0286. The Hall–Kier alpha value is -2.38. The summed E-state index contributed by atoms with van der Waals surface area (Å²) >= 11 is 1.41. The number of aryl methyl sites for hydroxylation is 1. The Morgan fingerprint density at radius 1 is 1.26 bits per heavy atom. The number of nitrogens with one attached hydrogen (secondary N) is 2. The molecule has 0 amide bonds. The molecule has 0 spiro atoms. The van der Waals surface area contributed by atoms with Gasteiger partial charge in [0.2, 0.25) is 16.0 Å². The van der Waals surface area contributed by atoms with E-state index in [0.717, 1.165) is 16.5 Å². The monoisotopic (exact) mass is 465 g/mol. The van der Waals surface area contributed by atoms with Crippen LogP contribution in [0.15, 0.2) is 24.3 Å². The van der Waals surface area contributed by atoms with Gasteiger partial charge in [-0.15, -0.1) is 11.3 Å². The van der Waals surface area contributed by atoms with Crippen molar-refractivity contribution < 1.29 is 23.7 Å². The molecule has 1 aliphatic rings. The van der Waals surface area contributed by atoms with Crippen LogP contribution in [0.5, 0.6) is 0 Å². The van der Waals surface area contributed by atoms with E-state index in [1.165, 1.54) is 11.3 Å². The Morgan fingerprint density at radius 3 is 2.65 bits per heavy atom. The maximum atomic E-state index is 11.7. The number of hydrogen-bond acceptors (Lipinski definition) is 10. The van der Waals surface area contributed by atoms with Crippen molar-refractivity contribution in [1.29, 1.82) is 0 Å². The molecule has 31 heavy (non-hydrogen) atoms. The molecule has 2 heterocycles. The van der Waals surface area contributed by atoms with E-state index in [1.54, 1.807) is 6.92 Å². The molecule has 0 bridgehead atoms. The molecule has 1 saturated carbocycles. The highest BCUT2D eigenvalue weighted by Crippen LogP contribution is 2.40. The Morgan fingerprint density at radius 2 is 2.00 bits per heavy atom. The second-order valence-electron chi connectivity index (χ2n) is 7.69. The van der Waals surface area contributed by atoms with Crippen LogP contribution in [0, 0.1) is 12.8 Å². The topological polar surface area (TPSA) is 158 Å². The SMILES string of the molecule is Cc1nc(NS(C)(=O)=O)nc(NC2(O)CCC(CO)C2O)c1-c1nc2ccccc2s1. The molecule has 166 valence electrons. The van der Waals surface area contributed by atoms with E-state index in [9.17, 15) is 23.7 Å². The van der Waals surface area contributed by atoms with Crippen LogP contribution in [0.25, 0.3) is 20.8 Å². The van der Waals surface area contributed by atoms with Gasteiger partial charge in [-0.1, -0.05) is 12.1 Å². The highest BCUT2D eigenvalue weighted by atomic mass is 32.2. The molecule has 2 aromatic heterocycles. The minimum Gasteiger partial charge on any atom is -0.396 e. The molecule has 0 saturated heterocycles. The molecule has 0 radical (unpaired) electrons. The lowest BCUT2D eigenvalue weighted by Gasteiger charge is -2.31. The van der Waals surface area contributed by atoms with Gasteiger partial charge in [0, 0.05) is 12.5 Å². The fraction of sp³-hybridized carbons (Fsp3) is 0.421. The average molecular weight is 466 g/mol. The summed E-state index contributed by atoms with van der Waals surface area (Å²) in [5.74, 6) is -0.514. The Bertz CT molecular complexity index is 1200. The first kappa shape index (κ1) is 21.8. The zero-order chi connectivity index (χ0) is 22.4. The number of anilines is 2. The number of aromatic nitrogens is 3. The van der Waals surface area contributed by atoms with Crippen LogP contribution in [0.4, 0.5) is 11.8 Å². The van der Waals surface area contributed by atoms with Gasteiger partial charge in [0.05, 0.1) is 27.7 Å². The highest BCUT2D eigenvalue weighted by Gasteiger charge is 2.47. The van der Waals surface area contributed by atoms with Gasteiger partial charge in [0.15, 0.2) is 5.72 Å². The van der Waals surface area contributed by atoms with E-state index in [2.05, 4.69) is 25.0 Å². The molecular formula is C19H23N5O5S2.